The number of rotatable bonds is 3. The number of halogens is 1. The summed E-state index contributed by atoms with van der Waals surface area (Å²) in [6, 6.07) is 7.85. The second-order valence-electron chi connectivity index (χ2n) is 2.78. The molecule has 0 aliphatic rings. The molecule has 0 saturated heterocycles. The summed E-state index contributed by atoms with van der Waals surface area (Å²) < 4.78 is 0. The summed E-state index contributed by atoms with van der Waals surface area (Å²) in [6.07, 6.45) is 0.455. The molecular weight excluding hydrogens is 172 g/mol. The third kappa shape index (κ3) is 2.35. The summed E-state index contributed by atoms with van der Waals surface area (Å²) in [5.41, 5.74) is 2.22. The highest BCUT2D eigenvalue weighted by Crippen LogP contribution is 2.08. The normalized spacial score (nSPS) is 9.83. The highest BCUT2D eigenvalue weighted by molar-refractivity contribution is 6.27. The molecule has 0 aliphatic heterocycles. The van der Waals surface area contributed by atoms with Gasteiger partial charge in [0.15, 0.2) is 5.78 Å². The van der Waals surface area contributed by atoms with E-state index in [9.17, 15) is 4.79 Å². The molecule has 0 aliphatic carbocycles. The van der Waals surface area contributed by atoms with Gasteiger partial charge in [0.25, 0.3) is 0 Å². The predicted molar refractivity (Wildman–Crippen MR) is 50.6 cm³/mol. The molecular formula is C10H11ClO. The fraction of sp³-hybridized carbons (Fsp3) is 0.300. The SMILES string of the molecule is Cc1ccccc1CC(=O)CCl. The van der Waals surface area contributed by atoms with Gasteiger partial charge in [0, 0.05) is 6.42 Å². The molecule has 0 amide bonds. The number of Topliss-reactive ketones (excluding diaryl/α,β-unsaturated/α-hetero) is 1. The number of ketones is 1. The van der Waals surface area contributed by atoms with Gasteiger partial charge in [-0.25, -0.2) is 0 Å². The molecule has 0 N–H and O–H groups in total. The fourth-order valence-electron chi connectivity index (χ4n) is 1.07. The third-order valence-electron chi connectivity index (χ3n) is 1.80. The van der Waals surface area contributed by atoms with Gasteiger partial charge >= 0.3 is 0 Å². The summed E-state index contributed by atoms with van der Waals surface area (Å²) in [5, 5.41) is 0. The Morgan fingerprint density at radius 2 is 2.08 bits per heavy atom. The Morgan fingerprint density at radius 3 is 2.67 bits per heavy atom. The van der Waals surface area contributed by atoms with E-state index in [2.05, 4.69) is 0 Å². The monoisotopic (exact) mass is 182 g/mol. The van der Waals surface area contributed by atoms with Crippen molar-refractivity contribution in [2.24, 2.45) is 0 Å². The van der Waals surface area contributed by atoms with Crippen molar-refractivity contribution in [3.63, 3.8) is 0 Å². The summed E-state index contributed by atoms with van der Waals surface area (Å²) >= 11 is 5.40. The molecule has 0 fully saturated rings. The van der Waals surface area contributed by atoms with E-state index in [4.69, 9.17) is 11.6 Å². The second kappa shape index (κ2) is 4.27. The number of hydrogen-bond donors (Lipinski definition) is 0. The maximum Gasteiger partial charge on any atom is 0.151 e. The Labute approximate surface area is 77.4 Å². The van der Waals surface area contributed by atoms with Gasteiger partial charge in [-0.2, -0.15) is 0 Å². The molecule has 12 heavy (non-hydrogen) atoms. The van der Waals surface area contributed by atoms with E-state index in [1.807, 2.05) is 31.2 Å². The van der Waals surface area contributed by atoms with Crippen LogP contribution in [0.4, 0.5) is 0 Å². The quantitative estimate of drug-likeness (QED) is 0.656. The first-order chi connectivity index (χ1) is 5.74. The number of hydrogen-bond acceptors (Lipinski definition) is 1. The number of alkyl halides is 1. The maximum absolute atomic E-state index is 11.0. The lowest BCUT2D eigenvalue weighted by molar-refractivity contribution is -0.116. The topological polar surface area (TPSA) is 17.1 Å². The van der Waals surface area contributed by atoms with E-state index in [1.54, 1.807) is 0 Å². The molecule has 0 atom stereocenters. The van der Waals surface area contributed by atoms with Gasteiger partial charge in [-0.05, 0) is 18.1 Å². The van der Waals surface area contributed by atoms with E-state index >= 15 is 0 Å². The van der Waals surface area contributed by atoms with Crippen molar-refractivity contribution in [2.45, 2.75) is 13.3 Å². The van der Waals surface area contributed by atoms with Crippen molar-refractivity contribution in [1.82, 2.24) is 0 Å². The minimum atomic E-state index is 0.0750. The van der Waals surface area contributed by atoms with Crippen LogP contribution in [0.1, 0.15) is 11.1 Å². The van der Waals surface area contributed by atoms with Gasteiger partial charge in [0.05, 0.1) is 5.88 Å². The Kier molecular flexibility index (Phi) is 3.30. The van der Waals surface area contributed by atoms with Crippen LogP contribution in [-0.2, 0) is 11.2 Å². The van der Waals surface area contributed by atoms with Crippen molar-refractivity contribution < 1.29 is 4.79 Å². The molecule has 0 aromatic heterocycles. The number of carbonyl (C=O) groups excluding carboxylic acids is 1. The highest BCUT2D eigenvalue weighted by Gasteiger charge is 2.02. The fourth-order valence-corrected chi connectivity index (χ4v) is 1.16. The van der Waals surface area contributed by atoms with Crippen LogP contribution < -0.4 is 0 Å². The van der Waals surface area contributed by atoms with Crippen LogP contribution in [-0.4, -0.2) is 11.7 Å². The standard InChI is InChI=1S/C10H11ClO/c1-8-4-2-3-5-9(8)6-10(12)7-11/h2-5H,6-7H2,1H3. The van der Waals surface area contributed by atoms with E-state index in [0.717, 1.165) is 11.1 Å². The molecule has 1 rings (SSSR count). The molecule has 1 nitrogen and oxygen atoms in total. The van der Waals surface area contributed by atoms with E-state index in [0.29, 0.717) is 6.42 Å². The summed E-state index contributed by atoms with van der Waals surface area (Å²) in [5.74, 6) is 0.180. The predicted octanol–water partition coefficient (Wildman–Crippen LogP) is 2.35. The maximum atomic E-state index is 11.0. The minimum Gasteiger partial charge on any atom is -0.298 e. The van der Waals surface area contributed by atoms with E-state index in [-0.39, 0.29) is 11.7 Å². The molecule has 0 spiro atoms. The minimum absolute atomic E-state index is 0.0750. The Bertz CT molecular complexity index is 281. The van der Waals surface area contributed by atoms with Gasteiger partial charge in [-0.1, -0.05) is 24.3 Å². The van der Waals surface area contributed by atoms with Gasteiger partial charge in [0.2, 0.25) is 0 Å². The lowest BCUT2D eigenvalue weighted by Gasteiger charge is -2.01. The zero-order valence-corrected chi connectivity index (χ0v) is 7.77. The third-order valence-corrected chi connectivity index (χ3v) is 2.10. The van der Waals surface area contributed by atoms with Crippen LogP contribution in [0.2, 0.25) is 0 Å². The Morgan fingerprint density at radius 1 is 1.42 bits per heavy atom. The average molecular weight is 183 g/mol. The first-order valence-electron chi connectivity index (χ1n) is 3.86. The molecule has 1 aromatic carbocycles. The van der Waals surface area contributed by atoms with E-state index < -0.39 is 0 Å². The van der Waals surface area contributed by atoms with Crippen molar-refractivity contribution in [2.75, 3.05) is 5.88 Å². The smallest absolute Gasteiger partial charge is 0.151 e. The van der Waals surface area contributed by atoms with Gasteiger partial charge in [-0.15, -0.1) is 11.6 Å². The largest absolute Gasteiger partial charge is 0.298 e. The van der Waals surface area contributed by atoms with Crippen LogP contribution in [0.5, 0.6) is 0 Å². The molecule has 64 valence electrons. The Hall–Kier alpha value is -0.820. The van der Waals surface area contributed by atoms with Crippen LogP contribution >= 0.6 is 11.6 Å². The molecule has 0 bridgehead atoms. The second-order valence-corrected chi connectivity index (χ2v) is 3.04. The first-order valence-corrected chi connectivity index (χ1v) is 4.39. The van der Waals surface area contributed by atoms with Gasteiger partial charge in [0.1, 0.15) is 0 Å². The average Bonchev–Trinajstić information content (AvgIpc) is 2.09. The molecule has 0 unspecified atom stereocenters. The first kappa shape index (κ1) is 9.27. The lowest BCUT2D eigenvalue weighted by atomic mass is 10.0. The summed E-state index contributed by atoms with van der Waals surface area (Å²) in [6.45, 7) is 2.00. The van der Waals surface area contributed by atoms with Crippen molar-refractivity contribution in [1.29, 1.82) is 0 Å². The zero-order chi connectivity index (χ0) is 8.97. The van der Waals surface area contributed by atoms with Gasteiger partial charge in [-0.3, -0.25) is 4.79 Å². The number of aryl methyl sites for hydroxylation is 1. The molecule has 0 heterocycles. The number of benzene rings is 1. The van der Waals surface area contributed by atoms with Crippen LogP contribution in [0.15, 0.2) is 24.3 Å². The summed E-state index contributed by atoms with van der Waals surface area (Å²) in [4.78, 5) is 11.0. The zero-order valence-electron chi connectivity index (χ0n) is 7.01. The number of carbonyl (C=O) groups is 1. The molecule has 2 heteroatoms. The molecule has 0 saturated carbocycles. The van der Waals surface area contributed by atoms with Crippen LogP contribution in [0.25, 0.3) is 0 Å². The van der Waals surface area contributed by atoms with Crippen LogP contribution in [0, 0.1) is 6.92 Å². The Balaban J connectivity index is 2.75. The lowest BCUT2D eigenvalue weighted by Crippen LogP contribution is -2.04. The molecule has 1 aromatic rings. The summed E-state index contributed by atoms with van der Waals surface area (Å²) in [7, 11) is 0. The van der Waals surface area contributed by atoms with Crippen molar-refractivity contribution >= 4 is 17.4 Å². The molecule has 0 radical (unpaired) electrons. The van der Waals surface area contributed by atoms with Gasteiger partial charge < -0.3 is 0 Å². The van der Waals surface area contributed by atoms with Crippen molar-refractivity contribution in [3.05, 3.63) is 35.4 Å². The van der Waals surface area contributed by atoms with Crippen LogP contribution in [0.3, 0.4) is 0 Å². The van der Waals surface area contributed by atoms with Crippen molar-refractivity contribution in [3.8, 4) is 0 Å². The highest BCUT2D eigenvalue weighted by atomic mass is 35.5. The van der Waals surface area contributed by atoms with E-state index in [1.165, 1.54) is 0 Å².